The van der Waals surface area contributed by atoms with Crippen LogP contribution in [-0.4, -0.2) is 18.1 Å². The Morgan fingerprint density at radius 1 is 1.32 bits per heavy atom. The topological polar surface area (TPSA) is 52.3 Å². The fourth-order valence-electron chi connectivity index (χ4n) is 2.58. The van der Waals surface area contributed by atoms with E-state index in [-0.39, 0.29) is 18.3 Å². The highest BCUT2D eigenvalue weighted by Crippen LogP contribution is 2.29. The summed E-state index contributed by atoms with van der Waals surface area (Å²) >= 11 is 3.45. The SMILES string of the molecule is CC#CC(CC(=O)OC)c1ccc2oc(-c3cccc(Br)c3)nc2c1. The Morgan fingerprint density at radius 3 is 2.88 bits per heavy atom. The van der Waals surface area contributed by atoms with Gasteiger partial charge in [0, 0.05) is 10.0 Å². The Bertz CT molecular complexity index is 981. The number of fused-ring (bicyclic) bond motifs is 1. The summed E-state index contributed by atoms with van der Waals surface area (Å²) in [5, 5.41) is 0. The van der Waals surface area contributed by atoms with Crippen LogP contribution in [0.15, 0.2) is 51.4 Å². The molecule has 3 aromatic rings. The summed E-state index contributed by atoms with van der Waals surface area (Å²) in [6, 6.07) is 13.5. The van der Waals surface area contributed by atoms with E-state index >= 15 is 0 Å². The van der Waals surface area contributed by atoms with Crippen molar-refractivity contribution in [2.24, 2.45) is 0 Å². The molecule has 0 aliphatic carbocycles. The minimum Gasteiger partial charge on any atom is -0.469 e. The van der Waals surface area contributed by atoms with Crippen LogP contribution in [0.2, 0.25) is 0 Å². The van der Waals surface area contributed by atoms with Gasteiger partial charge in [0.1, 0.15) is 5.52 Å². The number of nitrogens with zero attached hydrogens (tertiary/aromatic N) is 1. The lowest BCUT2D eigenvalue weighted by molar-refractivity contribution is -0.140. The van der Waals surface area contributed by atoms with E-state index in [1.54, 1.807) is 6.92 Å². The Hall–Kier alpha value is -2.58. The van der Waals surface area contributed by atoms with E-state index in [4.69, 9.17) is 9.15 Å². The maximum atomic E-state index is 11.6. The normalized spacial score (nSPS) is 11.6. The number of aromatic nitrogens is 1. The number of hydrogen-bond acceptors (Lipinski definition) is 4. The van der Waals surface area contributed by atoms with Gasteiger partial charge in [-0.2, -0.15) is 0 Å². The molecule has 0 radical (unpaired) electrons. The first-order valence-electron chi connectivity index (χ1n) is 7.76. The fraction of sp³-hybridized carbons (Fsp3) is 0.200. The molecule has 1 unspecified atom stereocenters. The molecule has 1 atom stereocenters. The van der Waals surface area contributed by atoms with Gasteiger partial charge in [-0.05, 0) is 42.8 Å². The van der Waals surface area contributed by atoms with Gasteiger partial charge in [-0.15, -0.1) is 5.92 Å². The van der Waals surface area contributed by atoms with E-state index in [1.165, 1.54) is 7.11 Å². The highest BCUT2D eigenvalue weighted by molar-refractivity contribution is 9.10. The van der Waals surface area contributed by atoms with E-state index < -0.39 is 0 Å². The summed E-state index contributed by atoms with van der Waals surface area (Å²) < 4.78 is 11.6. The number of halogens is 1. The number of rotatable bonds is 4. The Morgan fingerprint density at radius 2 is 2.16 bits per heavy atom. The van der Waals surface area contributed by atoms with Crippen molar-refractivity contribution in [3.05, 3.63) is 52.5 Å². The molecule has 0 fully saturated rings. The van der Waals surface area contributed by atoms with Gasteiger partial charge in [0.2, 0.25) is 5.89 Å². The van der Waals surface area contributed by atoms with Crippen LogP contribution >= 0.6 is 15.9 Å². The molecule has 0 aliphatic rings. The molecule has 0 aliphatic heterocycles. The molecule has 0 spiro atoms. The lowest BCUT2D eigenvalue weighted by Crippen LogP contribution is -2.07. The molecule has 0 N–H and O–H groups in total. The van der Waals surface area contributed by atoms with Crippen molar-refractivity contribution in [1.29, 1.82) is 0 Å². The summed E-state index contributed by atoms with van der Waals surface area (Å²) in [7, 11) is 1.38. The molecule has 25 heavy (non-hydrogen) atoms. The first kappa shape index (κ1) is 17.2. The van der Waals surface area contributed by atoms with E-state index in [9.17, 15) is 4.79 Å². The van der Waals surface area contributed by atoms with Gasteiger partial charge in [0.05, 0.1) is 19.4 Å². The van der Waals surface area contributed by atoms with Gasteiger partial charge in [-0.1, -0.05) is 34.0 Å². The monoisotopic (exact) mass is 397 g/mol. The van der Waals surface area contributed by atoms with Crippen molar-refractivity contribution in [3.63, 3.8) is 0 Å². The minimum atomic E-state index is -0.289. The highest BCUT2D eigenvalue weighted by atomic mass is 79.9. The standard InChI is InChI=1S/C20H16BrNO3/c1-3-5-13(12-19(23)24-2)14-8-9-18-17(11-14)22-20(25-18)15-6-4-7-16(21)10-15/h4,6-11,13H,12H2,1-2H3. The molecular weight excluding hydrogens is 382 g/mol. The Labute approximate surface area is 154 Å². The lowest BCUT2D eigenvalue weighted by Gasteiger charge is -2.09. The summed E-state index contributed by atoms with van der Waals surface area (Å²) in [6.07, 6.45) is 0.208. The molecule has 1 aromatic heterocycles. The summed E-state index contributed by atoms with van der Waals surface area (Å²) in [6.45, 7) is 1.75. The number of hydrogen-bond donors (Lipinski definition) is 0. The molecule has 3 rings (SSSR count). The highest BCUT2D eigenvalue weighted by Gasteiger charge is 2.16. The zero-order valence-corrected chi connectivity index (χ0v) is 15.5. The second kappa shape index (κ2) is 7.54. The molecular formula is C20H16BrNO3. The average molecular weight is 398 g/mol. The quantitative estimate of drug-likeness (QED) is 0.462. The third-order valence-electron chi connectivity index (χ3n) is 3.80. The molecule has 4 nitrogen and oxygen atoms in total. The third kappa shape index (κ3) is 3.92. The maximum Gasteiger partial charge on any atom is 0.307 e. The van der Waals surface area contributed by atoms with Crippen molar-refractivity contribution >= 4 is 33.0 Å². The van der Waals surface area contributed by atoms with Gasteiger partial charge in [-0.3, -0.25) is 4.79 Å². The lowest BCUT2D eigenvalue weighted by atomic mass is 9.96. The zero-order valence-electron chi connectivity index (χ0n) is 13.9. The van der Waals surface area contributed by atoms with Crippen LogP contribution in [0, 0.1) is 11.8 Å². The number of carbonyl (C=O) groups is 1. The van der Waals surface area contributed by atoms with Crippen LogP contribution in [0.4, 0.5) is 0 Å². The predicted octanol–water partition coefficient (Wildman–Crippen LogP) is 4.93. The van der Waals surface area contributed by atoms with Crippen molar-refractivity contribution in [2.75, 3.05) is 7.11 Å². The van der Waals surface area contributed by atoms with E-state index in [1.807, 2.05) is 42.5 Å². The number of methoxy groups -OCH3 is 1. The Kier molecular flexibility index (Phi) is 5.20. The first-order valence-corrected chi connectivity index (χ1v) is 8.55. The summed E-state index contributed by atoms with van der Waals surface area (Å²) in [5.74, 6) is 5.97. The van der Waals surface area contributed by atoms with Gasteiger partial charge in [0.15, 0.2) is 5.58 Å². The second-order valence-corrected chi connectivity index (χ2v) is 6.40. The van der Waals surface area contributed by atoms with Crippen molar-refractivity contribution in [2.45, 2.75) is 19.3 Å². The zero-order chi connectivity index (χ0) is 17.8. The van der Waals surface area contributed by atoms with Gasteiger partial charge < -0.3 is 9.15 Å². The predicted molar refractivity (Wildman–Crippen MR) is 100.0 cm³/mol. The van der Waals surface area contributed by atoms with E-state index in [0.29, 0.717) is 11.5 Å². The average Bonchev–Trinajstić information content (AvgIpc) is 3.04. The van der Waals surface area contributed by atoms with Crippen molar-refractivity contribution in [1.82, 2.24) is 4.98 Å². The molecule has 5 heteroatoms. The van der Waals surface area contributed by atoms with Gasteiger partial charge >= 0.3 is 5.97 Å². The molecule has 0 amide bonds. The van der Waals surface area contributed by atoms with Gasteiger partial charge in [0.25, 0.3) is 0 Å². The number of carbonyl (C=O) groups excluding carboxylic acids is 1. The molecule has 0 saturated heterocycles. The number of oxazole rings is 1. The number of benzene rings is 2. The molecule has 2 aromatic carbocycles. The molecule has 0 saturated carbocycles. The smallest absolute Gasteiger partial charge is 0.307 e. The third-order valence-corrected chi connectivity index (χ3v) is 4.30. The minimum absolute atomic E-state index is 0.208. The molecule has 126 valence electrons. The van der Waals surface area contributed by atoms with Gasteiger partial charge in [-0.25, -0.2) is 4.98 Å². The largest absolute Gasteiger partial charge is 0.469 e. The number of ether oxygens (including phenoxy) is 1. The van der Waals surface area contributed by atoms with Crippen LogP contribution < -0.4 is 0 Å². The van der Waals surface area contributed by atoms with Crippen molar-refractivity contribution < 1.29 is 13.9 Å². The first-order chi connectivity index (χ1) is 12.1. The van der Waals surface area contributed by atoms with Crippen LogP contribution in [-0.2, 0) is 9.53 Å². The van der Waals surface area contributed by atoms with Crippen LogP contribution in [0.25, 0.3) is 22.6 Å². The van der Waals surface area contributed by atoms with E-state index in [2.05, 4.69) is 32.8 Å². The second-order valence-electron chi connectivity index (χ2n) is 5.48. The fourth-order valence-corrected chi connectivity index (χ4v) is 2.98. The number of esters is 1. The summed E-state index contributed by atoms with van der Waals surface area (Å²) in [4.78, 5) is 16.2. The van der Waals surface area contributed by atoms with Crippen LogP contribution in [0.1, 0.15) is 24.8 Å². The summed E-state index contributed by atoms with van der Waals surface area (Å²) in [5.41, 5.74) is 3.24. The Balaban J connectivity index is 1.98. The van der Waals surface area contributed by atoms with Crippen LogP contribution in [0.5, 0.6) is 0 Å². The molecule has 1 heterocycles. The maximum absolute atomic E-state index is 11.6. The van der Waals surface area contributed by atoms with E-state index in [0.717, 1.165) is 21.1 Å². The van der Waals surface area contributed by atoms with Crippen molar-refractivity contribution in [3.8, 4) is 23.3 Å². The molecule has 0 bridgehead atoms. The van der Waals surface area contributed by atoms with Crippen LogP contribution in [0.3, 0.4) is 0 Å².